The molecule has 1 saturated carbocycles. The van der Waals surface area contributed by atoms with Crippen LogP contribution in [-0.2, 0) is 6.42 Å². The van der Waals surface area contributed by atoms with Gasteiger partial charge in [-0.25, -0.2) is 13.5 Å². The molecule has 0 unspecified atom stereocenters. The molecule has 2 aliphatic carbocycles. The van der Waals surface area contributed by atoms with E-state index in [-0.39, 0.29) is 17.0 Å². The van der Waals surface area contributed by atoms with Gasteiger partial charge in [0.05, 0.1) is 23.7 Å². The van der Waals surface area contributed by atoms with Gasteiger partial charge in [0, 0.05) is 0 Å². The van der Waals surface area contributed by atoms with Crippen LogP contribution in [0.4, 0.5) is 8.78 Å². The SMILES string of the molecule is C[C@]12Cc3cnn(-c4ccc(F)cc4)c3C=C1CCC[C@@H]2C[C@@H](O)c1ccc(F)cc1. The fourth-order valence-electron chi connectivity index (χ4n) is 5.40. The van der Waals surface area contributed by atoms with Crippen molar-refractivity contribution in [1.82, 2.24) is 9.78 Å². The topological polar surface area (TPSA) is 38.0 Å². The molecule has 0 bridgehead atoms. The largest absolute Gasteiger partial charge is 0.388 e. The second-order valence-electron chi connectivity index (χ2n) is 9.10. The molecule has 0 aliphatic heterocycles. The van der Waals surface area contributed by atoms with Gasteiger partial charge in [-0.15, -0.1) is 0 Å². The fourth-order valence-corrected chi connectivity index (χ4v) is 5.40. The smallest absolute Gasteiger partial charge is 0.123 e. The van der Waals surface area contributed by atoms with E-state index >= 15 is 0 Å². The van der Waals surface area contributed by atoms with Crippen molar-refractivity contribution < 1.29 is 13.9 Å². The zero-order valence-corrected chi connectivity index (χ0v) is 17.6. The first-order chi connectivity index (χ1) is 14.9. The third-order valence-electron chi connectivity index (χ3n) is 7.22. The molecule has 31 heavy (non-hydrogen) atoms. The molecule has 1 N–H and O–H groups in total. The maximum absolute atomic E-state index is 13.3. The Labute approximate surface area is 181 Å². The number of benzene rings is 2. The van der Waals surface area contributed by atoms with Crippen LogP contribution < -0.4 is 0 Å². The molecule has 2 aromatic carbocycles. The van der Waals surface area contributed by atoms with Crippen molar-refractivity contribution in [1.29, 1.82) is 0 Å². The average molecular weight is 421 g/mol. The first-order valence-electron chi connectivity index (χ1n) is 10.9. The number of aliphatic hydroxyl groups is 1. The summed E-state index contributed by atoms with van der Waals surface area (Å²) < 4.78 is 28.5. The van der Waals surface area contributed by atoms with Crippen LogP contribution in [0.5, 0.6) is 0 Å². The molecule has 0 radical (unpaired) electrons. The molecule has 0 amide bonds. The normalized spacial score (nSPS) is 23.6. The lowest BCUT2D eigenvalue weighted by Crippen LogP contribution is -2.38. The van der Waals surface area contributed by atoms with Crippen LogP contribution in [0.1, 0.15) is 55.5 Å². The van der Waals surface area contributed by atoms with E-state index in [9.17, 15) is 13.9 Å². The minimum Gasteiger partial charge on any atom is -0.388 e. The standard InChI is InChI=1S/C26H26F2N2O/c1-26-15-18-16-29-30(23-11-9-22(28)10-12-23)24(18)13-19(26)3-2-4-20(26)14-25(31)17-5-7-21(27)8-6-17/h5-13,16,20,25,31H,2-4,14-15H2,1H3/t20-,25-,26+/m1/s1. The van der Waals surface area contributed by atoms with Crippen molar-refractivity contribution in [2.45, 2.75) is 45.1 Å². The van der Waals surface area contributed by atoms with Gasteiger partial charge in [-0.3, -0.25) is 0 Å². The van der Waals surface area contributed by atoms with Crippen LogP contribution >= 0.6 is 0 Å². The van der Waals surface area contributed by atoms with Gasteiger partial charge in [-0.05, 0) is 97.0 Å². The van der Waals surface area contributed by atoms with E-state index in [0.717, 1.165) is 42.6 Å². The highest BCUT2D eigenvalue weighted by Crippen LogP contribution is 2.53. The van der Waals surface area contributed by atoms with Gasteiger partial charge < -0.3 is 5.11 Å². The first-order valence-corrected chi connectivity index (χ1v) is 10.9. The van der Waals surface area contributed by atoms with E-state index < -0.39 is 6.10 Å². The summed E-state index contributed by atoms with van der Waals surface area (Å²) in [5, 5.41) is 15.4. The predicted octanol–water partition coefficient (Wildman–Crippen LogP) is 6.02. The molecule has 1 fully saturated rings. The molecule has 3 atom stereocenters. The van der Waals surface area contributed by atoms with Crippen LogP contribution in [0.25, 0.3) is 11.8 Å². The summed E-state index contributed by atoms with van der Waals surface area (Å²) in [7, 11) is 0. The number of hydrogen-bond acceptors (Lipinski definition) is 2. The van der Waals surface area contributed by atoms with Crippen LogP contribution in [0.2, 0.25) is 0 Å². The number of aromatic nitrogens is 2. The van der Waals surface area contributed by atoms with Crippen molar-refractivity contribution in [3.05, 3.63) is 88.8 Å². The van der Waals surface area contributed by atoms with E-state index in [0.29, 0.717) is 12.3 Å². The summed E-state index contributed by atoms with van der Waals surface area (Å²) in [4.78, 5) is 0. The lowest BCUT2D eigenvalue weighted by molar-refractivity contribution is 0.0833. The predicted molar refractivity (Wildman–Crippen MR) is 117 cm³/mol. The first kappa shape index (κ1) is 20.1. The van der Waals surface area contributed by atoms with Crippen LogP contribution in [0.3, 0.4) is 0 Å². The van der Waals surface area contributed by atoms with E-state index in [4.69, 9.17) is 0 Å². The zero-order valence-electron chi connectivity index (χ0n) is 17.6. The quantitative estimate of drug-likeness (QED) is 0.560. The highest BCUT2D eigenvalue weighted by Gasteiger charge is 2.43. The summed E-state index contributed by atoms with van der Waals surface area (Å²) in [6.07, 6.45) is 8.27. The van der Waals surface area contributed by atoms with Crippen molar-refractivity contribution in [2.24, 2.45) is 11.3 Å². The second-order valence-corrected chi connectivity index (χ2v) is 9.10. The van der Waals surface area contributed by atoms with Crippen LogP contribution in [0, 0.1) is 23.0 Å². The number of allylic oxidation sites excluding steroid dienone is 1. The highest BCUT2D eigenvalue weighted by molar-refractivity contribution is 5.61. The zero-order chi connectivity index (χ0) is 21.6. The maximum Gasteiger partial charge on any atom is 0.123 e. The summed E-state index contributed by atoms with van der Waals surface area (Å²) in [6, 6.07) is 12.6. The molecule has 2 aliphatic rings. The number of aliphatic hydroxyl groups excluding tert-OH is 1. The Morgan fingerprint density at radius 3 is 2.48 bits per heavy atom. The minimum absolute atomic E-state index is 0.0388. The van der Waals surface area contributed by atoms with Gasteiger partial charge in [0.25, 0.3) is 0 Å². The molecule has 1 heterocycles. The summed E-state index contributed by atoms with van der Waals surface area (Å²) in [5.41, 5.74) is 5.22. The Kier molecular flexibility index (Phi) is 5.01. The van der Waals surface area contributed by atoms with E-state index in [2.05, 4.69) is 18.1 Å². The Morgan fingerprint density at radius 1 is 1.10 bits per heavy atom. The highest BCUT2D eigenvalue weighted by atomic mass is 19.1. The van der Waals surface area contributed by atoms with Crippen LogP contribution in [-0.4, -0.2) is 14.9 Å². The molecule has 5 rings (SSSR count). The van der Waals surface area contributed by atoms with Gasteiger partial charge in [-0.2, -0.15) is 5.10 Å². The summed E-state index contributed by atoms with van der Waals surface area (Å²) in [5.74, 6) is -0.218. The molecular formula is C26H26F2N2O. The third-order valence-corrected chi connectivity index (χ3v) is 7.22. The number of hydrogen-bond donors (Lipinski definition) is 1. The van der Waals surface area contributed by atoms with Crippen LogP contribution in [0.15, 0.2) is 60.3 Å². The third kappa shape index (κ3) is 3.61. The Bertz CT molecular complexity index is 1120. The van der Waals surface area contributed by atoms with E-state index in [1.54, 1.807) is 24.3 Å². The van der Waals surface area contributed by atoms with Gasteiger partial charge in [0.2, 0.25) is 0 Å². The lowest BCUT2D eigenvalue weighted by atomic mass is 9.58. The van der Waals surface area contributed by atoms with Crippen molar-refractivity contribution in [3.63, 3.8) is 0 Å². The Balaban J connectivity index is 1.43. The molecule has 5 heteroatoms. The number of rotatable bonds is 4. The molecule has 0 saturated heterocycles. The van der Waals surface area contributed by atoms with Gasteiger partial charge in [-0.1, -0.05) is 24.6 Å². The van der Waals surface area contributed by atoms with Crippen molar-refractivity contribution in [3.8, 4) is 5.69 Å². The fraction of sp³-hybridized carbons (Fsp3) is 0.346. The Hall–Kier alpha value is -2.79. The summed E-state index contributed by atoms with van der Waals surface area (Å²) >= 11 is 0. The molecule has 160 valence electrons. The minimum atomic E-state index is -0.606. The van der Waals surface area contributed by atoms with Crippen molar-refractivity contribution in [2.75, 3.05) is 0 Å². The monoisotopic (exact) mass is 420 g/mol. The average Bonchev–Trinajstić information content (AvgIpc) is 3.16. The van der Waals surface area contributed by atoms with Gasteiger partial charge in [0.1, 0.15) is 11.6 Å². The number of halogens is 2. The Morgan fingerprint density at radius 2 is 1.77 bits per heavy atom. The summed E-state index contributed by atoms with van der Waals surface area (Å²) in [6.45, 7) is 2.30. The van der Waals surface area contributed by atoms with E-state index in [1.165, 1.54) is 35.4 Å². The molecule has 1 aromatic heterocycles. The van der Waals surface area contributed by atoms with E-state index in [1.807, 2.05) is 10.9 Å². The van der Waals surface area contributed by atoms with Crippen molar-refractivity contribution >= 4 is 6.08 Å². The number of fused-ring (bicyclic) bond motifs is 2. The molecule has 0 spiro atoms. The van der Waals surface area contributed by atoms with Gasteiger partial charge in [0.15, 0.2) is 0 Å². The van der Waals surface area contributed by atoms with Gasteiger partial charge >= 0.3 is 0 Å². The number of nitrogens with zero attached hydrogens (tertiary/aromatic N) is 2. The lowest BCUT2D eigenvalue weighted by Gasteiger charge is -2.46. The molecular weight excluding hydrogens is 394 g/mol. The molecule has 3 nitrogen and oxygen atoms in total. The second kappa shape index (κ2) is 7.72. The maximum atomic E-state index is 13.3. The molecule has 3 aromatic rings.